The number of hydrogen-bond acceptors (Lipinski definition) is 5. The molecule has 160 valence electrons. The molecule has 1 aliphatic rings. The molecule has 0 aromatic heterocycles. The number of anilines is 1. The Morgan fingerprint density at radius 2 is 1.93 bits per heavy atom. The first-order valence-electron chi connectivity index (χ1n) is 9.82. The van der Waals surface area contributed by atoms with E-state index in [9.17, 15) is 9.59 Å². The van der Waals surface area contributed by atoms with Crippen molar-refractivity contribution in [3.63, 3.8) is 0 Å². The maximum Gasteiger partial charge on any atom is 0.279 e. The summed E-state index contributed by atoms with van der Waals surface area (Å²) in [6.07, 6.45) is -0.231. The SMILES string of the molecule is COc1cccc(NC(=O)C[NH+](C)CC(=O)N(C)C[C@@H]2COc3ccccc3O2)c1. The lowest BCUT2D eigenvalue weighted by Gasteiger charge is -2.29. The van der Waals surface area contributed by atoms with E-state index in [1.165, 1.54) is 0 Å². The van der Waals surface area contributed by atoms with Gasteiger partial charge in [0.25, 0.3) is 11.8 Å². The molecular weight excluding hydrogens is 386 g/mol. The number of likely N-dealkylation sites (N-methyl/N-ethyl adjacent to an activating group) is 2. The standard InChI is InChI=1S/C22H27N3O5/c1-24(13-21(26)23-16-7-6-8-17(11-16)28-3)14-22(27)25(2)12-18-15-29-19-9-4-5-10-20(19)30-18/h4-11,18H,12-15H2,1-3H3,(H,23,26)/p+1/t18-/m1/s1. The molecule has 2 N–H and O–H groups in total. The topological polar surface area (TPSA) is 81.5 Å². The second-order valence-corrected chi connectivity index (χ2v) is 7.36. The molecule has 1 heterocycles. The van der Waals surface area contributed by atoms with Crippen LogP contribution in [-0.2, 0) is 9.59 Å². The van der Waals surface area contributed by atoms with Gasteiger partial charge in [-0.1, -0.05) is 18.2 Å². The fourth-order valence-electron chi connectivity index (χ4n) is 3.20. The summed E-state index contributed by atoms with van der Waals surface area (Å²) in [4.78, 5) is 27.2. The molecule has 0 bridgehead atoms. The highest BCUT2D eigenvalue weighted by atomic mass is 16.6. The normalized spacial score (nSPS) is 15.8. The van der Waals surface area contributed by atoms with Crippen molar-refractivity contribution in [2.45, 2.75) is 6.10 Å². The second-order valence-electron chi connectivity index (χ2n) is 7.36. The number of ether oxygens (including phenoxy) is 3. The molecule has 2 aromatic rings. The second kappa shape index (κ2) is 9.98. The Labute approximate surface area is 176 Å². The smallest absolute Gasteiger partial charge is 0.279 e. The number of para-hydroxylation sites is 2. The van der Waals surface area contributed by atoms with Crippen LogP contribution in [0.4, 0.5) is 5.69 Å². The van der Waals surface area contributed by atoms with Crippen LogP contribution in [0.5, 0.6) is 17.2 Å². The number of fused-ring (bicyclic) bond motifs is 1. The molecule has 2 amide bonds. The van der Waals surface area contributed by atoms with Gasteiger partial charge in [-0.3, -0.25) is 9.59 Å². The Morgan fingerprint density at radius 1 is 1.17 bits per heavy atom. The molecule has 0 aliphatic carbocycles. The van der Waals surface area contributed by atoms with Crippen molar-refractivity contribution >= 4 is 17.5 Å². The molecule has 0 spiro atoms. The van der Waals surface area contributed by atoms with Crippen LogP contribution in [0.3, 0.4) is 0 Å². The Bertz CT molecular complexity index is 889. The van der Waals surface area contributed by atoms with Crippen molar-refractivity contribution < 1.29 is 28.7 Å². The molecule has 2 aromatic carbocycles. The average molecular weight is 414 g/mol. The molecule has 0 saturated heterocycles. The summed E-state index contributed by atoms with van der Waals surface area (Å²) in [5.41, 5.74) is 0.658. The van der Waals surface area contributed by atoms with Crippen LogP contribution >= 0.6 is 0 Å². The highest BCUT2D eigenvalue weighted by Gasteiger charge is 2.25. The zero-order chi connectivity index (χ0) is 21.5. The summed E-state index contributed by atoms with van der Waals surface area (Å²) in [7, 11) is 5.12. The Balaban J connectivity index is 1.43. The van der Waals surface area contributed by atoms with E-state index in [4.69, 9.17) is 14.2 Å². The van der Waals surface area contributed by atoms with Crippen LogP contribution < -0.4 is 24.4 Å². The van der Waals surface area contributed by atoms with E-state index in [1.54, 1.807) is 43.3 Å². The van der Waals surface area contributed by atoms with Crippen molar-refractivity contribution in [2.24, 2.45) is 0 Å². The first-order valence-corrected chi connectivity index (χ1v) is 9.82. The van der Waals surface area contributed by atoms with E-state index in [2.05, 4.69) is 5.32 Å². The van der Waals surface area contributed by atoms with Crippen molar-refractivity contribution in [2.75, 3.05) is 52.8 Å². The summed E-state index contributed by atoms with van der Waals surface area (Å²) in [5.74, 6) is 1.84. The minimum absolute atomic E-state index is 0.0656. The lowest BCUT2D eigenvalue weighted by Crippen LogP contribution is -3.11. The van der Waals surface area contributed by atoms with Crippen molar-refractivity contribution in [3.05, 3.63) is 48.5 Å². The highest BCUT2D eigenvalue weighted by molar-refractivity contribution is 5.91. The Hall–Kier alpha value is -3.26. The molecule has 0 fully saturated rings. The molecule has 3 rings (SSSR count). The van der Waals surface area contributed by atoms with Gasteiger partial charge in [0.15, 0.2) is 30.7 Å². The van der Waals surface area contributed by atoms with Gasteiger partial charge >= 0.3 is 0 Å². The maximum atomic E-state index is 12.6. The van der Waals surface area contributed by atoms with E-state index in [0.717, 1.165) is 4.90 Å². The number of methoxy groups -OCH3 is 1. The number of nitrogens with one attached hydrogen (secondary N) is 2. The van der Waals surface area contributed by atoms with E-state index in [1.807, 2.05) is 31.3 Å². The van der Waals surface area contributed by atoms with Crippen LogP contribution in [0.2, 0.25) is 0 Å². The molecule has 8 nitrogen and oxygen atoms in total. The van der Waals surface area contributed by atoms with Crippen LogP contribution in [0.1, 0.15) is 0 Å². The maximum absolute atomic E-state index is 12.6. The molecule has 30 heavy (non-hydrogen) atoms. The first-order chi connectivity index (χ1) is 14.4. The largest absolute Gasteiger partial charge is 0.497 e. The van der Waals surface area contributed by atoms with Crippen LogP contribution in [0.25, 0.3) is 0 Å². The van der Waals surface area contributed by atoms with E-state index in [-0.39, 0.29) is 31.0 Å². The molecule has 8 heteroatoms. The molecule has 2 atom stereocenters. The van der Waals surface area contributed by atoms with Gasteiger partial charge in [-0.25, -0.2) is 0 Å². The van der Waals surface area contributed by atoms with Gasteiger partial charge in [-0.15, -0.1) is 0 Å². The van der Waals surface area contributed by atoms with Gasteiger partial charge in [0.2, 0.25) is 0 Å². The van der Waals surface area contributed by atoms with Gasteiger partial charge < -0.3 is 29.3 Å². The first kappa shape index (κ1) is 21.4. The summed E-state index contributed by atoms with van der Waals surface area (Å²) in [6.45, 7) is 1.18. The third kappa shape index (κ3) is 5.87. The van der Waals surface area contributed by atoms with Gasteiger partial charge in [-0.05, 0) is 24.3 Å². The zero-order valence-electron chi connectivity index (χ0n) is 17.5. The Kier molecular flexibility index (Phi) is 7.13. The number of carbonyl (C=O) groups is 2. The minimum atomic E-state index is -0.231. The average Bonchev–Trinajstić information content (AvgIpc) is 2.73. The van der Waals surface area contributed by atoms with Crippen molar-refractivity contribution in [1.29, 1.82) is 0 Å². The Morgan fingerprint density at radius 3 is 2.70 bits per heavy atom. The highest BCUT2D eigenvalue weighted by Crippen LogP contribution is 2.30. The predicted octanol–water partition coefficient (Wildman–Crippen LogP) is 0.447. The number of quaternary nitrogens is 1. The van der Waals surface area contributed by atoms with Crippen LogP contribution in [-0.4, -0.2) is 70.3 Å². The van der Waals surface area contributed by atoms with Crippen molar-refractivity contribution in [1.82, 2.24) is 4.90 Å². The van der Waals surface area contributed by atoms with Crippen LogP contribution in [0.15, 0.2) is 48.5 Å². The van der Waals surface area contributed by atoms with E-state index >= 15 is 0 Å². The summed E-state index contributed by atoms with van der Waals surface area (Å²) in [5, 5.41) is 2.82. The summed E-state index contributed by atoms with van der Waals surface area (Å²) < 4.78 is 16.8. The fraction of sp³-hybridized carbons (Fsp3) is 0.364. The van der Waals surface area contributed by atoms with Gasteiger partial charge in [0, 0.05) is 18.8 Å². The number of amides is 2. The quantitative estimate of drug-likeness (QED) is 0.656. The summed E-state index contributed by atoms with van der Waals surface area (Å²) >= 11 is 0. The van der Waals surface area contributed by atoms with Crippen molar-refractivity contribution in [3.8, 4) is 17.2 Å². The zero-order valence-corrected chi connectivity index (χ0v) is 17.5. The number of carbonyl (C=O) groups excluding carboxylic acids is 2. The predicted molar refractivity (Wildman–Crippen MR) is 112 cm³/mol. The van der Waals surface area contributed by atoms with Crippen LogP contribution in [0, 0.1) is 0 Å². The van der Waals surface area contributed by atoms with Gasteiger partial charge in [0.05, 0.1) is 20.7 Å². The number of benzene rings is 2. The number of rotatable bonds is 8. The molecular formula is C22H28N3O5+. The summed E-state index contributed by atoms with van der Waals surface area (Å²) in [6, 6.07) is 14.6. The molecule has 0 saturated carbocycles. The monoisotopic (exact) mass is 414 g/mol. The minimum Gasteiger partial charge on any atom is -0.497 e. The lowest BCUT2D eigenvalue weighted by molar-refractivity contribution is -0.862. The fourth-order valence-corrected chi connectivity index (χ4v) is 3.20. The number of hydrogen-bond donors (Lipinski definition) is 2. The molecule has 0 radical (unpaired) electrons. The molecule has 1 unspecified atom stereocenters. The third-order valence-corrected chi connectivity index (χ3v) is 4.74. The third-order valence-electron chi connectivity index (χ3n) is 4.74. The lowest BCUT2D eigenvalue weighted by atomic mass is 10.2. The van der Waals surface area contributed by atoms with E-state index in [0.29, 0.717) is 36.1 Å². The van der Waals surface area contributed by atoms with Gasteiger partial charge in [0.1, 0.15) is 12.4 Å². The number of nitrogens with zero attached hydrogens (tertiary/aromatic N) is 1. The van der Waals surface area contributed by atoms with Gasteiger partial charge in [-0.2, -0.15) is 0 Å². The van der Waals surface area contributed by atoms with E-state index < -0.39 is 0 Å². The molecule has 1 aliphatic heterocycles.